The highest BCUT2D eigenvalue weighted by Crippen LogP contribution is 2.32. The Kier molecular flexibility index (Phi) is 3.23. The van der Waals surface area contributed by atoms with Crippen LogP contribution in [0.4, 0.5) is 0 Å². The number of rotatable bonds is 4. The van der Waals surface area contributed by atoms with Gasteiger partial charge in [0.2, 0.25) is 0 Å². The predicted molar refractivity (Wildman–Crippen MR) is 44.3 cm³/mol. The first kappa shape index (κ1) is 11.5. The molecule has 0 heterocycles. The summed E-state index contributed by atoms with van der Waals surface area (Å²) in [5.74, 6) is -0.561. The van der Waals surface area contributed by atoms with Crippen LogP contribution < -0.4 is 0 Å². The predicted octanol–water partition coefficient (Wildman–Crippen LogP) is -2.84. The van der Waals surface area contributed by atoms with Gasteiger partial charge in [0.25, 0.3) is 0 Å². The van der Waals surface area contributed by atoms with Gasteiger partial charge < -0.3 is 25.5 Å². The fourth-order valence-electron chi connectivity index (χ4n) is 1.40. The van der Waals surface area contributed by atoms with Crippen molar-refractivity contribution in [2.24, 2.45) is 0 Å². The molecule has 4 atom stereocenters. The summed E-state index contributed by atoms with van der Waals surface area (Å²) in [7, 11) is 0. The van der Waals surface area contributed by atoms with Crippen LogP contribution in [-0.4, -0.2) is 61.8 Å². The summed E-state index contributed by atoms with van der Waals surface area (Å²) in [6.07, 6.45) is -4.85. The molecule has 0 saturated heterocycles. The SMILES string of the molecule is O=C1CC[C@]1(O)[C@H](O)[C@@H](O)[C@@H](O)CO. The average Bonchev–Trinajstić information content (AvgIpc) is 2.22. The number of hydrogen-bond acceptors (Lipinski definition) is 6. The first-order chi connectivity index (χ1) is 6.43. The van der Waals surface area contributed by atoms with Gasteiger partial charge in [-0.05, 0) is 6.42 Å². The van der Waals surface area contributed by atoms with Crippen LogP contribution in [0.25, 0.3) is 0 Å². The zero-order valence-corrected chi connectivity index (χ0v) is 7.50. The second-order valence-corrected chi connectivity index (χ2v) is 3.53. The minimum Gasteiger partial charge on any atom is -0.394 e. The number of Topliss-reactive ketones (excluding diaryl/α,β-unsaturated/α-hetero) is 1. The second kappa shape index (κ2) is 3.92. The summed E-state index contributed by atoms with van der Waals surface area (Å²) in [4.78, 5) is 10.9. The van der Waals surface area contributed by atoms with Crippen LogP contribution in [0.5, 0.6) is 0 Å². The smallest absolute Gasteiger partial charge is 0.167 e. The molecule has 0 aromatic rings. The van der Waals surface area contributed by atoms with Crippen molar-refractivity contribution in [2.45, 2.75) is 36.8 Å². The van der Waals surface area contributed by atoms with E-state index in [9.17, 15) is 20.1 Å². The van der Waals surface area contributed by atoms with Crippen LogP contribution in [-0.2, 0) is 4.79 Å². The Morgan fingerprint density at radius 1 is 1.36 bits per heavy atom. The summed E-state index contributed by atoms with van der Waals surface area (Å²) < 4.78 is 0. The minimum atomic E-state index is -1.96. The molecule has 0 aromatic carbocycles. The van der Waals surface area contributed by atoms with Crippen molar-refractivity contribution in [3.63, 3.8) is 0 Å². The molecule has 6 nitrogen and oxygen atoms in total. The van der Waals surface area contributed by atoms with Gasteiger partial charge in [-0.2, -0.15) is 0 Å². The number of hydrogen-bond donors (Lipinski definition) is 5. The van der Waals surface area contributed by atoms with E-state index in [1.807, 2.05) is 0 Å². The van der Waals surface area contributed by atoms with Gasteiger partial charge in [0.15, 0.2) is 11.4 Å². The van der Waals surface area contributed by atoms with Crippen molar-refractivity contribution in [1.82, 2.24) is 0 Å². The van der Waals surface area contributed by atoms with Gasteiger partial charge in [0, 0.05) is 6.42 Å². The zero-order valence-electron chi connectivity index (χ0n) is 7.50. The van der Waals surface area contributed by atoms with E-state index in [-0.39, 0.29) is 12.8 Å². The third kappa shape index (κ3) is 1.67. The first-order valence-corrected chi connectivity index (χ1v) is 4.34. The molecule has 0 amide bonds. The van der Waals surface area contributed by atoms with Crippen molar-refractivity contribution >= 4 is 5.78 Å². The standard InChI is InChI=1S/C8H14O6/c9-3-4(10)6(12)7(13)8(14)2-1-5(8)11/h4,6-7,9-10,12-14H,1-3H2/t4-,6-,7+,8+/m0/s1. The lowest BCUT2D eigenvalue weighted by Gasteiger charge is -2.41. The van der Waals surface area contributed by atoms with Crippen LogP contribution in [0.2, 0.25) is 0 Å². The van der Waals surface area contributed by atoms with E-state index < -0.39 is 36.3 Å². The maximum atomic E-state index is 10.9. The summed E-state index contributed by atoms with van der Waals surface area (Å²) in [5.41, 5.74) is -1.96. The van der Waals surface area contributed by atoms with Gasteiger partial charge in [0.05, 0.1) is 6.61 Å². The topological polar surface area (TPSA) is 118 Å². The molecule has 0 spiro atoms. The normalized spacial score (nSPS) is 33.4. The maximum Gasteiger partial charge on any atom is 0.167 e. The molecule has 0 aromatic heterocycles. The Morgan fingerprint density at radius 3 is 2.21 bits per heavy atom. The van der Waals surface area contributed by atoms with Crippen molar-refractivity contribution < 1.29 is 30.3 Å². The Balaban J connectivity index is 2.64. The molecule has 6 heteroatoms. The first-order valence-electron chi connectivity index (χ1n) is 4.34. The van der Waals surface area contributed by atoms with E-state index in [1.165, 1.54) is 0 Å². The second-order valence-electron chi connectivity index (χ2n) is 3.53. The molecule has 1 aliphatic rings. The Bertz CT molecular complexity index is 230. The highest BCUT2D eigenvalue weighted by Gasteiger charge is 2.53. The molecule has 1 saturated carbocycles. The Labute approximate surface area is 80.4 Å². The van der Waals surface area contributed by atoms with Crippen molar-refractivity contribution in [3.8, 4) is 0 Å². The van der Waals surface area contributed by atoms with Gasteiger partial charge in [-0.15, -0.1) is 0 Å². The van der Waals surface area contributed by atoms with E-state index >= 15 is 0 Å². The largest absolute Gasteiger partial charge is 0.394 e. The highest BCUT2D eigenvalue weighted by atomic mass is 16.4. The van der Waals surface area contributed by atoms with Crippen LogP contribution in [0.1, 0.15) is 12.8 Å². The third-order valence-electron chi connectivity index (χ3n) is 2.61. The maximum absolute atomic E-state index is 10.9. The minimum absolute atomic E-state index is 0.0577. The van der Waals surface area contributed by atoms with Crippen LogP contribution in [0.15, 0.2) is 0 Å². The van der Waals surface area contributed by atoms with Gasteiger partial charge in [0.1, 0.15) is 18.3 Å². The summed E-state index contributed by atoms with van der Waals surface area (Å²) in [6, 6.07) is 0. The molecule has 5 N–H and O–H groups in total. The molecule has 1 rings (SSSR count). The Morgan fingerprint density at radius 2 is 1.93 bits per heavy atom. The van der Waals surface area contributed by atoms with Gasteiger partial charge in [-0.3, -0.25) is 4.79 Å². The molecule has 0 aliphatic heterocycles. The van der Waals surface area contributed by atoms with Crippen molar-refractivity contribution in [2.75, 3.05) is 6.61 Å². The highest BCUT2D eigenvalue weighted by molar-refractivity contribution is 5.93. The van der Waals surface area contributed by atoms with E-state index in [2.05, 4.69) is 0 Å². The van der Waals surface area contributed by atoms with E-state index in [0.29, 0.717) is 0 Å². The monoisotopic (exact) mass is 206 g/mol. The molecule has 1 fully saturated rings. The number of ketones is 1. The van der Waals surface area contributed by atoms with E-state index in [0.717, 1.165) is 0 Å². The summed E-state index contributed by atoms with van der Waals surface area (Å²) in [5, 5.41) is 45.6. The fraction of sp³-hybridized carbons (Fsp3) is 0.875. The molecule has 0 radical (unpaired) electrons. The lowest BCUT2D eigenvalue weighted by atomic mass is 9.72. The third-order valence-corrected chi connectivity index (χ3v) is 2.61. The number of aliphatic hydroxyl groups is 5. The molecular formula is C8H14O6. The van der Waals surface area contributed by atoms with Gasteiger partial charge in [-0.1, -0.05) is 0 Å². The lowest BCUT2D eigenvalue weighted by Crippen LogP contribution is -2.62. The molecule has 0 unspecified atom stereocenters. The molecular weight excluding hydrogens is 192 g/mol. The van der Waals surface area contributed by atoms with Crippen molar-refractivity contribution in [3.05, 3.63) is 0 Å². The average molecular weight is 206 g/mol. The van der Waals surface area contributed by atoms with E-state index in [1.54, 1.807) is 0 Å². The zero-order chi connectivity index (χ0) is 10.9. The molecule has 82 valence electrons. The lowest BCUT2D eigenvalue weighted by molar-refractivity contribution is -0.191. The number of carbonyl (C=O) groups excluding carboxylic acids is 1. The molecule has 1 aliphatic carbocycles. The quantitative estimate of drug-likeness (QED) is 0.338. The number of carbonyl (C=O) groups is 1. The van der Waals surface area contributed by atoms with Crippen molar-refractivity contribution in [1.29, 1.82) is 0 Å². The van der Waals surface area contributed by atoms with Gasteiger partial charge >= 0.3 is 0 Å². The molecule has 14 heavy (non-hydrogen) atoms. The Hall–Kier alpha value is -0.530. The molecule has 0 bridgehead atoms. The summed E-state index contributed by atoms with van der Waals surface area (Å²) in [6.45, 7) is -0.748. The van der Waals surface area contributed by atoms with Crippen LogP contribution in [0.3, 0.4) is 0 Å². The van der Waals surface area contributed by atoms with Crippen LogP contribution in [0, 0.1) is 0 Å². The summed E-state index contributed by atoms with van der Waals surface area (Å²) >= 11 is 0. The van der Waals surface area contributed by atoms with Gasteiger partial charge in [-0.25, -0.2) is 0 Å². The fourth-order valence-corrected chi connectivity index (χ4v) is 1.40. The van der Waals surface area contributed by atoms with Crippen LogP contribution >= 0.6 is 0 Å². The number of aliphatic hydroxyl groups excluding tert-OH is 4. The van der Waals surface area contributed by atoms with E-state index in [4.69, 9.17) is 10.2 Å².